The first-order chi connectivity index (χ1) is 10.0. The van der Waals surface area contributed by atoms with Crippen molar-refractivity contribution in [2.45, 2.75) is 6.42 Å². The third-order valence-electron chi connectivity index (χ3n) is 2.56. The fourth-order valence-electron chi connectivity index (χ4n) is 1.66. The molecule has 0 heterocycles. The van der Waals surface area contributed by atoms with Gasteiger partial charge in [0, 0.05) is 15.8 Å². The predicted octanol–water partition coefficient (Wildman–Crippen LogP) is 3.56. The molecular weight excluding hydrogens is 339 g/mol. The highest BCUT2D eigenvalue weighted by Gasteiger charge is 2.10. The van der Waals surface area contributed by atoms with Gasteiger partial charge in [0.1, 0.15) is 12.2 Å². The molecule has 2 N–H and O–H groups in total. The van der Waals surface area contributed by atoms with E-state index < -0.39 is 17.6 Å². The maximum Gasteiger partial charge on any atom is 0.233 e. The summed E-state index contributed by atoms with van der Waals surface area (Å²) in [6.45, 7) is 0. The number of carbonyl (C=O) groups excluding carboxylic acids is 2. The number of amides is 2. The number of hydrogen-bond acceptors (Lipinski definition) is 2. The van der Waals surface area contributed by atoms with Crippen molar-refractivity contribution in [2.75, 3.05) is 10.6 Å². The summed E-state index contributed by atoms with van der Waals surface area (Å²) in [6.07, 6.45) is -0.341. The van der Waals surface area contributed by atoms with Gasteiger partial charge in [0.2, 0.25) is 11.8 Å². The molecule has 0 atom stereocenters. The number of anilines is 2. The van der Waals surface area contributed by atoms with E-state index in [1.54, 1.807) is 30.3 Å². The zero-order chi connectivity index (χ0) is 15.2. The van der Waals surface area contributed by atoms with Gasteiger partial charge in [-0.2, -0.15) is 0 Å². The van der Waals surface area contributed by atoms with Gasteiger partial charge in [0.05, 0.1) is 0 Å². The minimum Gasteiger partial charge on any atom is -0.326 e. The molecule has 0 aliphatic heterocycles. The molecule has 0 spiro atoms. The van der Waals surface area contributed by atoms with E-state index in [1.165, 1.54) is 18.2 Å². The van der Waals surface area contributed by atoms with E-state index in [0.29, 0.717) is 11.4 Å². The standard InChI is InChI=1S/C15H12BrFN2O2/c16-10-4-6-12(7-5-10)18-14(20)9-15(21)19-13-3-1-2-11(17)8-13/h1-8H,9H2,(H,18,20)(H,19,21). The number of benzene rings is 2. The molecule has 0 saturated carbocycles. The summed E-state index contributed by atoms with van der Waals surface area (Å²) in [7, 11) is 0. The maximum atomic E-state index is 13.0. The van der Waals surface area contributed by atoms with E-state index >= 15 is 0 Å². The Bertz CT molecular complexity index is 659. The summed E-state index contributed by atoms with van der Waals surface area (Å²) in [6, 6.07) is 12.5. The highest BCUT2D eigenvalue weighted by Crippen LogP contribution is 2.14. The van der Waals surface area contributed by atoms with Crippen LogP contribution in [0.3, 0.4) is 0 Å². The van der Waals surface area contributed by atoms with Crippen LogP contribution < -0.4 is 10.6 Å². The largest absolute Gasteiger partial charge is 0.326 e. The smallest absolute Gasteiger partial charge is 0.233 e. The third kappa shape index (κ3) is 5.00. The molecule has 0 fully saturated rings. The minimum absolute atomic E-state index is 0.316. The van der Waals surface area contributed by atoms with Gasteiger partial charge in [-0.1, -0.05) is 22.0 Å². The molecule has 0 aromatic heterocycles. The molecule has 6 heteroatoms. The van der Waals surface area contributed by atoms with Gasteiger partial charge in [-0.05, 0) is 42.5 Å². The number of carbonyl (C=O) groups is 2. The molecular formula is C15H12BrFN2O2. The first-order valence-corrected chi connectivity index (χ1v) is 6.93. The van der Waals surface area contributed by atoms with Gasteiger partial charge >= 0.3 is 0 Å². The molecule has 21 heavy (non-hydrogen) atoms. The van der Waals surface area contributed by atoms with Crippen molar-refractivity contribution in [3.05, 3.63) is 58.8 Å². The monoisotopic (exact) mass is 350 g/mol. The quantitative estimate of drug-likeness (QED) is 0.828. The lowest BCUT2D eigenvalue weighted by Gasteiger charge is -2.07. The lowest BCUT2D eigenvalue weighted by Crippen LogP contribution is -2.21. The molecule has 2 aromatic rings. The van der Waals surface area contributed by atoms with Gasteiger partial charge in [0.15, 0.2) is 0 Å². The maximum absolute atomic E-state index is 13.0. The zero-order valence-corrected chi connectivity index (χ0v) is 12.5. The minimum atomic E-state index is -0.504. The lowest BCUT2D eigenvalue weighted by atomic mass is 10.2. The Morgan fingerprint density at radius 2 is 1.57 bits per heavy atom. The van der Waals surface area contributed by atoms with Crippen molar-refractivity contribution in [2.24, 2.45) is 0 Å². The van der Waals surface area contributed by atoms with Gasteiger partial charge in [-0.15, -0.1) is 0 Å². The molecule has 0 bridgehead atoms. The zero-order valence-electron chi connectivity index (χ0n) is 10.9. The molecule has 2 aromatic carbocycles. The number of halogens is 2. The summed E-state index contributed by atoms with van der Waals surface area (Å²) >= 11 is 3.29. The summed E-state index contributed by atoms with van der Waals surface area (Å²) in [4.78, 5) is 23.4. The summed E-state index contributed by atoms with van der Waals surface area (Å²) in [5.74, 6) is -1.39. The molecule has 0 unspecified atom stereocenters. The van der Waals surface area contributed by atoms with Gasteiger partial charge < -0.3 is 10.6 Å². The van der Waals surface area contributed by atoms with Crippen LogP contribution in [-0.2, 0) is 9.59 Å². The van der Waals surface area contributed by atoms with Crippen molar-refractivity contribution < 1.29 is 14.0 Å². The summed E-state index contributed by atoms with van der Waals surface area (Å²) < 4.78 is 13.9. The lowest BCUT2D eigenvalue weighted by molar-refractivity contribution is -0.123. The van der Waals surface area contributed by atoms with Crippen molar-refractivity contribution in [1.29, 1.82) is 0 Å². The van der Waals surface area contributed by atoms with Crippen molar-refractivity contribution in [1.82, 2.24) is 0 Å². The van der Waals surface area contributed by atoms with E-state index in [9.17, 15) is 14.0 Å². The Labute approximate surface area is 129 Å². The van der Waals surface area contributed by atoms with E-state index in [1.807, 2.05) is 0 Å². The topological polar surface area (TPSA) is 58.2 Å². The first-order valence-electron chi connectivity index (χ1n) is 6.14. The van der Waals surface area contributed by atoms with Crippen LogP contribution >= 0.6 is 15.9 Å². The van der Waals surface area contributed by atoms with Crippen LogP contribution in [0.2, 0.25) is 0 Å². The van der Waals surface area contributed by atoms with Crippen molar-refractivity contribution in [3.63, 3.8) is 0 Å². The van der Waals surface area contributed by atoms with Crippen molar-refractivity contribution in [3.8, 4) is 0 Å². The molecule has 2 rings (SSSR count). The second-order valence-electron chi connectivity index (χ2n) is 4.29. The van der Waals surface area contributed by atoms with Crippen LogP contribution in [0.5, 0.6) is 0 Å². The molecule has 108 valence electrons. The van der Waals surface area contributed by atoms with Crippen molar-refractivity contribution >= 4 is 39.1 Å². The van der Waals surface area contributed by atoms with Crippen LogP contribution in [0.1, 0.15) is 6.42 Å². The van der Waals surface area contributed by atoms with E-state index in [-0.39, 0.29) is 6.42 Å². The van der Waals surface area contributed by atoms with Crippen LogP contribution in [0.25, 0.3) is 0 Å². The molecule has 0 radical (unpaired) electrons. The summed E-state index contributed by atoms with van der Waals surface area (Å²) in [5.41, 5.74) is 0.915. The number of nitrogens with one attached hydrogen (secondary N) is 2. The molecule has 2 amide bonds. The van der Waals surface area contributed by atoms with Crippen LogP contribution in [0.4, 0.5) is 15.8 Å². The Morgan fingerprint density at radius 3 is 2.19 bits per heavy atom. The molecule has 0 aliphatic rings. The van der Waals surface area contributed by atoms with Crippen LogP contribution in [0.15, 0.2) is 53.0 Å². The van der Waals surface area contributed by atoms with Gasteiger partial charge in [-0.3, -0.25) is 9.59 Å². The third-order valence-corrected chi connectivity index (χ3v) is 3.09. The van der Waals surface area contributed by atoms with Gasteiger partial charge in [0.25, 0.3) is 0 Å². The number of rotatable bonds is 4. The Morgan fingerprint density at radius 1 is 0.952 bits per heavy atom. The first kappa shape index (κ1) is 15.2. The SMILES string of the molecule is O=C(CC(=O)Nc1cccc(F)c1)Nc1ccc(Br)cc1. The highest BCUT2D eigenvalue weighted by atomic mass is 79.9. The Balaban J connectivity index is 1.87. The van der Waals surface area contributed by atoms with E-state index in [2.05, 4.69) is 26.6 Å². The van der Waals surface area contributed by atoms with Crippen LogP contribution in [-0.4, -0.2) is 11.8 Å². The second kappa shape index (κ2) is 6.99. The summed E-state index contributed by atoms with van der Waals surface area (Å²) in [5, 5.41) is 5.06. The predicted molar refractivity (Wildman–Crippen MR) is 82.4 cm³/mol. The molecule has 4 nitrogen and oxygen atoms in total. The van der Waals surface area contributed by atoms with E-state index in [4.69, 9.17) is 0 Å². The van der Waals surface area contributed by atoms with E-state index in [0.717, 1.165) is 4.47 Å². The van der Waals surface area contributed by atoms with Gasteiger partial charge in [-0.25, -0.2) is 4.39 Å². The normalized spacial score (nSPS) is 10.0. The molecule has 0 aliphatic carbocycles. The fraction of sp³-hybridized carbons (Fsp3) is 0.0667. The average molecular weight is 351 g/mol. The Hall–Kier alpha value is -2.21. The fourth-order valence-corrected chi connectivity index (χ4v) is 1.92. The Kier molecular flexibility index (Phi) is 5.05. The van der Waals surface area contributed by atoms with Crippen LogP contribution in [0, 0.1) is 5.82 Å². The number of hydrogen-bond donors (Lipinski definition) is 2. The average Bonchev–Trinajstić information content (AvgIpc) is 2.41. The molecule has 0 saturated heterocycles. The highest BCUT2D eigenvalue weighted by molar-refractivity contribution is 9.10. The second-order valence-corrected chi connectivity index (χ2v) is 5.21.